The highest BCUT2D eigenvalue weighted by Crippen LogP contribution is 2.24. The number of hydrogen-bond donors (Lipinski definition) is 1. The normalized spacial score (nSPS) is 13.6. The predicted octanol–water partition coefficient (Wildman–Crippen LogP) is 5.03. The third-order valence-corrected chi connectivity index (χ3v) is 4.47. The van der Waals surface area contributed by atoms with Gasteiger partial charge in [-0.15, -0.1) is 0 Å². The van der Waals surface area contributed by atoms with Crippen LogP contribution >= 0.6 is 15.9 Å². The number of halogens is 1. The van der Waals surface area contributed by atoms with Crippen molar-refractivity contribution in [2.24, 2.45) is 17.8 Å². The van der Waals surface area contributed by atoms with Crippen molar-refractivity contribution in [3.8, 4) is 0 Å². The van der Waals surface area contributed by atoms with Crippen molar-refractivity contribution in [2.75, 3.05) is 6.54 Å². The topological polar surface area (TPSA) is 12.0 Å². The molecule has 0 radical (unpaired) electrons. The van der Waals surface area contributed by atoms with E-state index in [2.05, 4.69) is 80.1 Å². The van der Waals surface area contributed by atoms with Crippen molar-refractivity contribution in [1.82, 2.24) is 5.32 Å². The van der Waals surface area contributed by atoms with Crippen LogP contribution in [0.2, 0.25) is 0 Å². The molecule has 1 nitrogen and oxygen atoms in total. The van der Waals surface area contributed by atoms with Gasteiger partial charge < -0.3 is 5.32 Å². The van der Waals surface area contributed by atoms with Gasteiger partial charge >= 0.3 is 0 Å². The second-order valence-corrected chi connectivity index (χ2v) is 6.66. The maximum atomic E-state index is 3.67. The minimum absolute atomic E-state index is 0.389. The summed E-state index contributed by atoms with van der Waals surface area (Å²) in [5.41, 5.74) is 1.34. The van der Waals surface area contributed by atoms with Crippen molar-refractivity contribution in [3.63, 3.8) is 0 Å². The first-order chi connectivity index (χ1) is 8.43. The Morgan fingerprint density at radius 2 is 1.56 bits per heavy atom. The zero-order valence-electron chi connectivity index (χ0n) is 12.2. The molecule has 1 rings (SSSR count). The van der Waals surface area contributed by atoms with Gasteiger partial charge in [-0.05, 0) is 42.9 Å². The van der Waals surface area contributed by atoms with Crippen molar-refractivity contribution in [2.45, 2.75) is 40.7 Å². The molecule has 0 saturated heterocycles. The Labute approximate surface area is 120 Å². The van der Waals surface area contributed by atoms with E-state index in [0.717, 1.165) is 24.3 Å². The summed E-state index contributed by atoms with van der Waals surface area (Å²) in [7, 11) is 0. The van der Waals surface area contributed by atoms with Crippen molar-refractivity contribution in [3.05, 3.63) is 34.3 Å². The second-order valence-electron chi connectivity index (χ2n) is 5.80. The lowest BCUT2D eigenvalue weighted by atomic mass is 9.85. The van der Waals surface area contributed by atoms with Gasteiger partial charge in [0.25, 0.3) is 0 Å². The monoisotopic (exact) mass is 311 g/mol. The van der Waals surface area contributed by atoms with E-state index < -0.39 is 0 Å². The van der Waals surface area contributed by atoms with Crippen molar-refractivity contribution in [1.29, 1.82) is 0 Å². The molecule has 0 amide bonds. The smallest absolute Gasteiger partial charge is 0.0303 e. The van der Waals surface area contributed by atoms with Crippen LogP contribution in [-0.4, -0.2) is 6.54 Å². The number of nitrogens with one attached hydrogen (secondary N) is 1. The van der Waals surface area contributed by atoms with E-state index in [4.69, 9.17) is 0 Å². The minimum atomic E-state index is 0.389. The third-order valence-electron chi connectivity index (χ3n) is 3.74. The summed E-state index contributed by atoms with van der Waals surface area (Å²) in [6.07, 6.45) is 0. The maximum absolute atomic E-state index is 3.67. The number of hydrogen-bond acceptors (Lipinski definition) is 1. The summed E-state index contributed by atoms with van der Waals surface area (Å²) in [4.78, 5) is 0. The van der Waals surface area contributed by atoms with Crippen LogP contribution in [0.4, 0.5) is 0 Å². The molecule has 0 fully saturated rings. The van der Waals surface area contributed by atoms with E-state index in [1.807, 2.05) is 0 Å². The van der Waals surface area contributed by atoms with E-state index in [9.17, 15) is 0 Å². The molecule has 1 unspecified atom stereocenters. The summed E-state index contributed by atoms with van der Waals surface area (Å²) in [6, 6.07) is 8.84. The first kappa shape index (κ1) is 15.7. The zero-order valence-corrected chi connectivity index (χ0v) is 13.8. The molecule has 1 aromatic rings. The predicted molar refractivity (Wildman–Crippen MR) is 83.7 cm³/mol. The molecule has 0 bridgehead atoms. The highest BCUT2D eigenvalue weighted by atomic mass is 79.9. The van der Waals surface area contributed by atoms with Crippen LogP contribution < -0.4 is 5.32 Å². The molecule has 0 aliphatic rings. The van der Waals surface area contributed by atoms with Crippen LogP contribution in [0.25, 0.3) is 0 Å². The van der Waals surface area contributed by atoms with E-state index >= 15 is 0 Å². The van der Waals surface area contributed by atoms with Crippen LogP contribution in [0.15, 0.2) is 28.7 Å². The highest BCUT2D eigenvalue weighted by molar-refractivity contribution is 9.10. The first-order valence-electron chi connectivity index (χ1n) is 6.91. The van der Waals surface area contributed by atoms with Gasteiger partial charge in [-0.3, -0.25) is 0 Å². The fourth-order valence-electron chi connectivity index (χ4n) is 2.49. The first-order valence-corrected chi connectivity index (χ1v) is 7.70. The second kappa shape index (κ2) is 7.30. The molecule has 0 aliphatic heterocycles. The summed E-state index contributed by atoms with van der Waals surface area (Å²) in [5, 5.41) is 3.67. The van der Waals surface area contributed by atoms with Gasteiger partial charge in [0, 0.05) is 10.5 Å². The minimum Gasteiger partial charge on any atom is -0.310 e. The van der Waals surface area contributed by atoms with E-state index in [-0.39, 0.29) is 0 Å². The summed E-state index contributed by atoms with van der Waals surface area (Å²) in [5.74, 6) is 2.18. The largest absolute Gasteiger partial charge is 0.310 e. The Bertz CT molecular complexity index is 352. The van der Waals surface area contributed by atoms with E-state index in [0.29, 0.717) is 6.04 Å². The average molecular weight is 312 g/mol. The Morgan fingerprint density at radius 1 is 1.00 bits per heavy atom. The Balaban J connectivity index is 2.60. The maximum Gasteiger partial charge on any atom is 0.0303 e. The molecule has 1 atom stereocenters. The third kappa shape index (κ3) is 4.40. The quantitative estimate of drug-likeness (QED) is 0.777. The molecular weight excluding hydrogens is 286 g/mol. The molecular formula is C16H26BrN. The van der Waals surface area contributed by atoms with Crippen molar-refractivity contribution < 1.29 is 0 Å². The van der Waals surface area contributed by atoms with Gasteiger partial charge in [0.15, 0.2) is 0 Å². The van der Waals surface area contributed by atoms with Gasteiger partial charge in [0.05, 0.1) is 0 Å². The molecule has 0 aliphatic carbocycles. The standard InChI is InChI=1S/C16H26BrN/c1-11(2)15(12(3)4)10-18-13(5)14-8-6-7-9-16(14)17/h6-9,11-13,15,18H,10H2,1-5H3. The zero-order chi connectivity index (χ0) is 13.7. The van der Waals surface area contributed by atoms with Gasteiger partial charge in [0.1, 0.15) is 0 Å². The van der Waals surface area contributed by atoms with E-state index in [1.54, 1.807) is 0 Å². The molecule has 0 heterocycles. The molecule has 0 saturated carbocycles. The summed E-state index contributed by atoms with van der Waals surface area (Å²) >= 11 is 3.62. The lowest BCUT2D eigenvalue weighted by Gasteiger charge is -2.27. The Kier molecular flexibility index (Phi) is 6.37. The fourth-order valence-corrected chi connectivity index (χ4v) is 3.12. The van der Waals surface area contributed by atoms with Gasteiger partial charge in [-0.25, -0.2) is 0 Å². The number of benzene rings is 1. The van der Waals surface area contributed by atoms with Crippen LogP contribution in [0.3, 0.4) is 0 Å². The molecule has 1 N–H and O–H groups in total. The average Bonchev–Trinajstić information content (AvgIpc) is 2.28. The molecule has 0 aromatic heterocycles. The fraction of sp³-hybridized carbons (Fsp3) is 0.625. The number of rotatable bonds is 6. The van der Waals surface area contributed by atoms with Gasteiger partial charge in [-0.2, -0.15) is 0 Å². The molecule has 102 valence electrons. The van der Waals surface area contributed by atoms with Crippen LogP contribution in [0.5, 0.6) is 0 Å². The molecule has 1 aromatic carbocycles. The summed E-state index contributed by atoms with van der Waals surface area (Å²) in [6.45, 7) is 12.6. The van der Waals surface area contributed by atoms with Crippen molar-refractivity contribution >= 4 is 15.9 Å². The lowest BCUT2D eigenvalue weighted by molar-refractivity contribution is 0.268. The van der Waals surface area contributed by atoms with Crippen LogP contribution in [0.1, 0.15) is 46.2 Å². The summed E-state index contributed by atoms with van der Waals surface area (Å²) < 4.78 is 1.19. The highest BCUT2D eigenvalue weighted by Gasteiger charge is 2.18. The van der Waals surface area contributed by atoms with E-state index in [1.165, 1.54) is 10.0 Å². The van der Waals surface area contributed by atoms with Gasteiger partial charge in [0.2, 0.25) is 0 Å². The molecule has 18 heavy (non-hydrogen) atoms. The van der Waals surface area contributed by atoms with Crippen LogP contribution in [0, 0.1) is 17.8 Å². The Hall–Kier alpha value is -0.340. The molecule has 0 spiro atoms. The SMILES string of the molecule is CC(NCC(C(C)C)C(C)C)c1ccccc1Br. The Morgan fingerprint density at radius 3 is 2.06 bits per heavy atom. The van der Waals surface area contributed by atoms with Crippen LogP contribution in [-0.2, 0) is 0 Å². The van der Waals surface area contributed by atoms with Gasteiger partial charge in [-0.1, -0.05) is 61.8 Å². The molecule has 2 heteroatoms. The lowest BCUT2D eigenvalue weighted by Crippen LogP contribution is -2.31.